The SMILES string of the molecule is [CH2]CC(COCCC)OC. The van der Waals surface area contributed by atoms with Gasteiger partial charge in [0.05, 0.1) is 12.7 Å². The first-order valence-corrected chi connectivity index (χ1v) is 3.74. The van der Waals surface area contributed by atoms with E-state index in [9.17, 15) is 0 Å². The van der Waals surface area contributed by atoms with Crippen molar-refractivity contribution in [3.05, 3.63) is 6.92 Å². The number of hydrogen-bond acceptors (Lipinski definition) is 2. The molecule has 10 heavy (non-hydrogen) atoms. The molecule has 0 spiro atoms. The molecule has 0 aromatic heterocycles. The second-order valence-corrected chi connectivity index (χ2v) is 2.22. The van der Waals surface area contributed by atoms with E-state index in [2.05, 4.69) is 13.8 Å². The van der Waals surface area contributed by atoms with E-state index in [1.54, 1.807) is 7.11 Å². The third-order valence-electron chi connectivity index (χ3n) is 1.31. The van der Waals surface area contributed by atoms with Gasteiger partial charge in [-0.15, -0.1) is 0 Å². The summed E-state index contributed by atoms with van der Waals surface area (Å²) in [6.45, 7) is 7.31. The third kappa shape index (κ3) is 4.77. The molecular weight excluding hydrogens is 128 g/mol. The molecule has 1 atom stereocenters. The lowest BCUT2D eigenvalue weighted by Crippen LogP contribution is -2.17. The summed E-state index contributed by atoms with van der Waals surface area (Å²) in [7, 11) is 1.69. The van der Waals surface area contributed by atoms with Crippen molar-refractivity contribution in [2.45, 2.75) is 25.9 Å². The molecule has 0 N–H and O–H groups in total. The Kier molecular flexibility index (Phi) is 6.98. The van der Waals surface area contributed by atoms with Crippen LogP contribution in [0, 0.1) is 6.92 Å². The Morgan fingerprint density at radius 2 is 2.20 bits per heavy atom. The highest BCUT2D eigenvalue weighted by Gasteiger charge is 2.02. The molecule has 0 saturated heterocycles. The van der Waals surface area contributed by atoms with Crippen molar-refractivity contribution >= 4 is 0 Å². The van der Waals surface area contributed by atoms with Crippen molar-refractivity contribution in [2.24, 2.45) is 0 Å². The van der Waals surface area contributed by atoms with Crippen molar-refractivity contribution in [3.63, 3.8) is 0 Å². The maximum absolute atomic E-state index is 5.26. The van der Waals surface area contributed by atoms with E-state index in [1.165, 1.54) is 0 Å². The molecular formula is C8H17O2. The van der Waals surface area contributed by atoms with E-state index in [4.69, 9.17) is 9.47 Å². The van der Waals surface area contributed by atoms with Crippen LogP contribution in [0.5, 0.6) is 0 Å². The number of rotatable bonds is 6. The summed E-state index contributed by atoms with van der Waals surface area (Å²) in [5, 5.41) is 0. The second kappa shape index (κ2) is 7.03. The van der Waals surface area contributed by atoms with Crippen molar-refractivity contribution in [1.82, 2.24) is 0 Å². The topological polar surface area (TPSA) is 18.5 Å². The van der Waals surface area contributed by atoms with Gasteiger partial charge in [-0.05, 0) is 12.8 Å². The van der Waals surface area contributed by atoms with E-state index < -0.39 is 0 Å². The van der Waals surface area contributed by atoms with Crippen molar-refractivity contribution in [2.75, 3.05) is 20.3 Å². The smallest absolute Gasteiger partial charge is 0.0804 e. The van der Waals surface area contributed by atoms with Gasteiger partial charge in [-0.2, -0.15) is 0 Å². The van der Waals surface area contributed by atoms with Gasteiger partial charge in [0, 0.05) is 13.7 Å². The Balaban J connectivity index is 3.09. The fourth-order valence-corrected chi connectivity index (χ4v) is 0.628. The average molecular weight is 145 g/mol. The Labute approximate surface area is 63.5 Å². The molecule has 0 aliphatic rings. The lowest BCUT2D eigenvalue weighted by atomic mass is 10.3. The highest BCUT2D eigenvalue weighted by Crippen LogP contribution is 1.96. The first-order valence-electron chi connectivity index (χ1n) is 3.74. The van der Waals surface area contributed by atoms with Gasteiger partial charge in [0.15, 0.2) is 0 Å². The van der Waals surface area contributed by atoms with Crippen molar-refractivity contribution in [3.8, 4) is 0 Å². The second-order valence-electron chi connectivity index (χ2n) is 2.22. The van der Waals surface area contributed by atoms with Crippen LogP contribution in [0.15, 0.2) is 0 Å². The maximum atomic E-state index is 5.26. The van der Waals surface area contributed by atoms with Crippen LogP contribution in [0.4, 0.5) is 0 Å². The molecule has 1 radical (unpaired) electrons. The third-order valence-corrected chi connectivity index (χ3v) is 1.31. The van der Waals surface area contributed by atoms with Crippen molar-refractivity contribution < 1.29 is 9.47 Å². The summed E-state index contributed by atoms with van der Waals surface area (Å²) in [4.78, 5) is 0. The van der Waals surface area contributed by atoms with Crippen LogP contribution in [0.2, 0.25) is 0 Å². The van der Waals surface area contributed by atoms with Crippen LogP contribution in [0.25, 0.3) is 0 Å². The Morgan fingerprint density at radius 3 is 2.60 bits per heavy atom. The van der Waals surface area contributed by atoms with E-state index in [1.807, 2.05) is 0 Å². The van der Waals surface area contributed by atoms with Crippen LogP contribution in [-0.4, -0.2) is 26.4 Å². The summed E-state index contributed by atoms with van der Waals surface area (Å²) < 4.78 is 10.3. The van der Waals surface area contributed by atoms with E-state index >= 15 is 0 Å². The summed E-state index contributed by atoms with van der Waals surface area (Å²) in [6, 6.07) is 0. The molecule has 2 nitrogen and oxygen atoms in total. The molecule has 0 bridgehead atoms. The first kappa shape index (κ1) is 9.92. The standard InChI is InChI=1S/C8H17O2/c1-4-6-10-7-8(5-2)9-3/h8H,2,4-7H2,1,3H3. The summed E-state index contributed by atoms with van der Waals surface area (Å²) in [6.07, 6.45) is 2.01. The van der Waals surface area contributed by atoms with Gasteiger partial charge < -0.3 is 9.47 Å². The minimum atomic E-state index is 0.173. The predicted octanol–water partition coefficient (Wildman–Crippen LogP) is 1.65. The number of ether oxygens (including phenoxy) is 2. The average Bonchev–Trinajstić information content (AvgIpc) is 1.99. The normalized spacial score (nSPS) is 13.5. The van der Waals surface area contributed by atoms with Gasteiger partial charge in [-0.3, -0.25) is 0 Å². The molecule has 0 aromatic rings. The zero-order valence-electron chi connectivity index (χ0n) is 6.93. The van der Waals surface area contributed by atoms with Crippen LogP contribution >= 0.6 is 0 Å². The van der Waals surface area contributed by atoms with Gasteiger partial charge in [0.1, 0.15) is 0 Å². The van der Waals surface area contributed by atoms with Gasteiger partial charge in [0.2, 0.25) is 0 Å². The van der Waals surface area contributed by atoms with Crippen LogP contribution < -0.4 is 0 Å². The molecule has 0 rings (SSSR count). The lowest BCUT2D eigenvalue weighted by Gasteiger charge is -2.12. The van der Waals surface area contributed by atoms with E-state index in [0.717, 1.165) is 19.4 Å². The molecule has 1 unspecified atom stereocenters. The van der Waals surface area contributed by atoms with Crippen LogP contribution in [-0.2, 0) is 9.47 Å². The molecule has 0 amide bonds. The Morgan fingerprint density at radius 1 is 1.50 bits per heavy atom. The number of hydrogen-bond donors (Lipinski definition) is 0. The van der Waals surface area contributed by atoms with Crippen molar-refractivity contribution in [1.29, 1.82) is 0 Å². The maximum Gasteiger partial charge on any atom is 0.0804 e. The van der Waals surface area contributed by atoms with Crippen LogP contribution in [0.1, 0.15) is 19.8 Å². The van der Waals surface area contributed by atoms with Gasteiger partial charge in [0.25, 0.3) is 0 Å². The molecule has 61 valence electrons. The first-order chi connectivity index (χ1) is 4.85. The summed E-state index contributed by atoms with van der Waals surface area (Å²) in [5.74, 6) is 0. The van der Waals surface area contributed by atoms with Crippen LogP contribution in [0.3, 0.4) is 0 Å². The molecule has 0 fully saturated rings. The summed E-state index contributed by atoms with van der Waals surface area (Å²) in [5.41, 5.74) is 0. The van der Waals surface area contributed by atoms with Gasteiger partial charge >= 0.3 is 0 Å². The molecule has 0 saturated carbocycles. The fraction of sp³-hybridized carbons (Fsp3) is 0.875. The zero-order chi connectivity index (χ0) is 7.82. The highest BCUT2D eigenvalue weighted by atomic mass is 16.5. The minimum Gasteiger partial charge on any atom is -0.379 e. The quantitative estimate of drug-likeness (QED) is 0.529. The highest BCUT2D eigenvalue weighted by molar-refractivity contribution is 4.56. The van der Waals surface area contributed by atoms with Gasteiger partial charge in [-0.1, -0.05) is 13.8 Å². The van der Waals surface area contributed by atoms with E-state index in [-0.39, 0.29) is 6.10 Å². The van der Waals surface area contributed by atoms with Gasteiger partial charge in [-0.25, -0.2) is 0 Å². The molecule has 0 aromatic carbocycles. The fourth-order valence-electron chi connectivity index (χ4n) is 0.628. The monoisotopic (exact) mass is 145 g/mol. The zero-order valence-corrected chi connectivity index (χ0v) is 6.93. The molecule has 0 aliphatic carbocycles. The van der Waals surface area contributed by atoms with E-state index in [0.29, 0.717) is 6.61 Å². The molecule has 0 heterocycles. The predicted molar refractivity (Wildman–Crippen MR) is 41.9 cm³/mol. The lowest BCUT2D eigenvalue weighted by molar-refractivity contribution is 0.0102. The Bertz CT molecular complexity index is 60.3. The molecule has 0 aliphatic heterocycles. The summed E-state index contributed by atoms with van der Waals surface area (Å²) >= 11 is 0. The largest absolute Gasteiger partial charge is 0.379 e. The minimum absolute atomic E-state index is 0.173. The molecule has 2 heteroatoms. The number of methoxy groups -OCH3 is 1. The Hall–Kier alpha value is -0.0800.